The van der Waals surface area contributed by atoms with Gasteiger partial charge in [0.1, 0.15) is 0 Å². The lowest BCUT2D eigenvalue weighted by Crippen LogP contribution is -2.34. The summed E-state index contributed by atoms with van der Waals surface area (Å²) in [5.41, 5.74) is 8.35. The number of carbonyl (C=O) groups excluding carboxylic acids is 1. The Kier molecular flexibility index (Phi) is 5.42. The molecule has 0 aromatic carbocycles. The zero-order valence-corrected chi connectivity index (χ0v) is 10.6. The van der Waals surface area contributed by atoms with Crippen molar-refractivity contribution in [3.05, 3.63) is 16.1 Å². The fourth-order valence-corrected chi connectivity index (χ4v) is 2.23. The summed E-state index contributed by atoms with van der Waals surface area (Å²) in [6.07, 6.45) is 1.83. The molecule has 3 N–H and O–H groups in total. The molecule has 0 saturated carbocycles. The number of hydrogen-bond donors (Lipinski definition) is 2. The molecule has 1 heterocycles. The van der Waals surface area contributed by atoms with Crippen LogP contribution in [0, 0.1) is 12.8 Å². The molecule has 0 aliphatic carbocycles. The second-order valence-corrected chi connectivity index (χ2v) is 4.74. The summed E-state index contributed by atoms with van der Waals surface area (Å²) < 4.78 is 0. The topological polar surface area (TPSA) is 68.0 Å². The molecule has 5 heteroatoms. The van der Waals surface area contributed by atoms with Crippen LogP contribution in [0.4, 0.5) is 0 Å². The molecule has 1 rings (SSSR count). The van der Waals surface area contributed by atoms with Gasteiger partial charge in [-0.1, -0.05) is 13.3 Å². The minimum atomic E-state index is -0.0572. The van der Waals surface area contributed by atoms with E-state index < -0.39 is 0 Å². The van der Waals surface area contributed by atoms with Gasteiger partial charge in [0.25, 0.3) is 0 Å². The second-order valence-electron chi connectivity index (χ2n) is 3.80. The van der Waals surface area contributed by atoms with Gasteiger partial charge in [-0.15, -0.1) is 11.3 Å². The number of hydrogen-bond acceptors (Lipinski definition) is 4. The molecule has 90 valence electrons. The number of aromatic nitrogens is 1. The van der Waals surface area contributed by atoms with Crippen molar-refractivity contribution in [1.29, 1.82) is 0 Å². The Morgan fingerprint density at radius 1 is 1.69 bits per heavy atom. The van der Waals surface area contributed by atoms with E-state index in [9.17, 15) is 4.79 Å². The summed E-state index contributed by atoms with van der Waals surface area (Å²) in [4.78, 5) is 17.0. The molecule has 16 heavy (non-hydrogen) atoms. The molecule has 0 fully saturated rings. The number of nitrogens with two attached hydrogens (primary N) is 1. The highest BCUT2D eigenvalue weighted by Crippen LogP contribution is 2.12. The Balaban J connectivity index is 2.42. The minimum Gasteiger partial charge on any atom is -0.351 e. The zero-order valence-electron chi connectivity index (χ0n) is 9.82. The van der Waals surface area contributed by atoms with Gasteiger partial charge in [0.15, 0.2) is 0 Å². The maximum Gasteiger partial charge on any atom is 0.224 e. The van der Waals surface area contributed by atoms with E-state index >= 15 is 0 Å². The van der Waals surface area contributed by atoms with Crippen LogP contribution in [-0.2, 0) is 11.3 Å². The Morgan fingerprint density at radius 2 is 2.44 bits per heavy atom. The maximum atomic E-state index is 11.8. The first kappa shape index (κ1) is 13.1. The van der Waals surface area contributed by atoms with Crippen LogP contribution in [0.3, 0.4) is 0 Å². The van der Waals surface area contributed by atoms with Crippen molar-refractivity contribution in [1.82, 2.24) is 10.3 Å². The first-order valence-corrected chi connectivity index (χ1v) is 6.43. The fraction of sp³-hybridized carbons (Fsp3) is 0.636. The number of carbonyl (C=O) groups is 1. The van der Waals surface area contributed by atoms with Crippen LogP contribution >= 0.6 is 11.3 Å². The Bertz CT molecular complexity index is 338. The van der Waals surface area contributed by atoms with Crippen molar-refractivity contribution in [2.75, 3.05) is 6.54 Å². The van der Waals surface area contributed by atoms with Crippen molar-refractivity contribution in [2.45, 2.75) is 33.2 Å². The van der Waals surface area contributed by atoms with E-state index in [4.69, 9.17) is 5.73 Å². The van der Waals surface area contributed by atoms with Crippen molar-refractivity contribution in [3.8, 4) is 0 Å². The largest absolute Gasteiger partial charge is 0.351 e. The fourth-order valence-electron chi connectivity index (χ4n) is 1.51. The van der Waals surface area contributed by atoms with Crippen LogP contribution in [-0.4, -0.2) is 17.4 Å². The third kappa shape index (κ3) is 3.57. The predicted octanol–water partition coefficient (Wildman–Crippen LogP) is 1.44. The SMILES string of the molecule is CCCC(CN)C(=O)NCc1scnc1C. The minimum absolute atomic E-state index is 0.0529. The van der Waals surface area contributed by atoms with Crippen LogP contribution in [0.15, 0.2) is 5.51 Å². The molecule has 1 amide bonds. The van der Waals surface area contributed by atoms with E-state index in [2.05, 4.69) is 17.2 Å². The molecule has 1 aromatic heterocycles. The van der Waals surface area contributed by atoms with Crippen molar-refractivity contribution >= 4 is 17.2 Å². The maximum absolute atomic E-state index is 11.8. The van der Waals surface area contributed by atoms with Gasteiger partial charge in [0.05, 0.1) is 23.7 Å². The van der Waals surface area contributed by atoms with Crippen molar-refractivity contribution < 1.29 is 4.79 Å². The molecule has 1 atom stereocenters. The number of nitrogens with zero attached hydrogens (tertiary/aromatic N) is 1. The number of thiazole rings is 1. The average molecular weight is 241 g/mol. The molecule has 0 saturated heterocycles. The number of rotatable bonds is 6. The average Bonchev–Trinajstić information content (AvgIpc) is 2.68. The van der Waals surface area contributed by atoms with Gasteiger partial charge in [-0.3, -0.25) is 4.79 Å². The van der Waals surface area contributed by atoms with Gasteiger partial charge in [-0.25, -0.2) is 4.98 Å². The lowest BCUT2D eigenvalue weighted by molar-refractivity contribution is -0.125. The molecular formula is C11H19N3OS. The van der Waals surface area contributed by atoms with Gasteiger partial charge in [0, 0.05) is 11.4 Å². The van der Waals surface area contributed by atoms with Crippen molar-refractivity contribution in [3.63, 3.8) is 0 Å². The third-order valence-electron chi connectivity index (χ3n) is 2.56. The first-order chi connectivity index (χ1) is 7.69. The van der Waals surface area contributed by atoms with Crippen LogP contribution in [0.2, 0.25) is 0 Å². The first-order valence-electron chi connectivity index (χ1n) is 5.55. The third-order valence-corrected chi connectivity index (χ3v) is 3.50. The van der Waals surface area contributed by atoms with E-state index in [0.29, 0.717) is 13.1 Å². The van der Waals surface area contributed by atoms with E-state index in [1.165, 1.54) is 0 Å². The van der Waals surface area contributed by atoms with E-state index in [1.807, 2.05) is 6.92 Å². The molecule has 1 aromatic rings. The van der Waals surface area contributed by atoms with Crippen LogP contribution in [0.5, 0.6) is 0 Å². The molecule has 0 spiro atoms. The number of nitrogens with one attached hydrogen (secondary N) is 1. The van der Waals surface area contributed by atoms with E-state index in [1.54, 1.807) is 16.8 Å². The van der Waals surface area contributed by atoms with Gasteiger partial charge < -0.3 is 11.1 Å². The summed E-state index contributed by atoms with van der Waals surface area (Å²) in [6.45, 7) is 4.99. The van der Waals surface area contributed by atoms with Gasteiger partial charge in [-0.05, 0) is 13.3 Å². The summed E-state index contributed by atoms with van der Waals surface area (Å²) in [7, 11) is 0. The van der Waals surface area contributed by atoms with Gasteiger partial charge >= 0.3 is 0 Å². The lowest BCUT2D eigenvalue weighted by atomic mass is 10.0. The highest BCUT2D eigenvalue weighted by molar-refractivity contribution is 7.09. The van der Waals surface area contributed by atoms with E-state index in [0.717, 1.165) is 23.4 Å². The number of aryl methyl sites for hydroxylation is 1. The molecule has 4 nitrogen and oxygen atoms in total. The second kappa shape index (κ2) is 6.60. The summed E-state index contributed by atoms with van der Waals surface area (Å²) in [5, 5.41) is 2.91. The molecule has 1 unspecified atom stereocenters. The highest BCUT2D eigenvalue weighted by atomic mass is 32.1. The Hall–Kier alpha value is -0.940. The summed E-state index contributed by atoms with van der Waals surface area (Å²) in [6, 6.07) is 0. The smallest absolute Gasteiger partial charge is 0.224 e. The number of amides is 1. The molecule has 0 aliphatic rings. The monoisotopic (exact) mass is 241 g/mol. The van der Waals surface area contributed by atoms with Crippen LogP contribution in [0.1, 0.15) is 30.3 Å². The predicted molar refractivity (Wildman–Crippen MR) is 66.2 cm³/mol. The van der Waals surface area contributed by atoms with Gasteiger partial charge in [0.2, 0.25) is 5.91 Å². The molecule has 0 bridgehead atoms. The quantitative estimate of drug-likeness (QED) is 0.792. The molecule has 0 radical (unpaired) electrons. The van der Waals surface area contributed by atoms with Crippen molar-refractivity contribution in [2.24, 2.45) is 11.7 Å². The zero-order chi connectivity index (χ0) is 12.0. The Morgan fingerprint density at radius 3 is 2.94 bits per heavy atom. The lowest BCUT2D eigenvalue weighted by Gasteiger charge is -2.13. The van der Waals surface area contributed by atoms with Gasteiger partial charge in [-0.2, -0.15) is 0 Å². The summed E-state index contributed by atoms with van der Waals surface area (Å²) in [5.74, 6) is -0.00428. The molecule has 0 aliphatic heterocycles. The molecular weight excluding hydrogens is 222 g/mol. The normalized spacial score (nSPS) is 12.4. The van der Waals surface area contributed by atoms with Crippen LogP contribution in [0.25, 0.3) is 0 Å². The summed E-state index contributed by atoms with van der Waals surface area (Å²) >= 11 is 1.57. The van der Waals surface area contributed by atoms with Crippen LogP contribution < -0.4 is 11.1 Å². The Labute approximate surface area is 100 Å². The van der Waals surface area contributed by atoms with E-state index in [-0.39, 0.29) is 11.8 Å². The highest BCUT2D eigenvalue weighted by Gasteiger charge is 2.15. The standard InChI is InChI=1S/C11H19N3OS/c1-3-4-9(5-12)11(15)13-6-10-8(2)14-7-16-10/h7,9H,3-6,12H2,1-2H3,(H,13,15).